The zero-order chi connectivity index (χ0) is 19.4. The van der Waals surface area contributed by atoms with Gasteiger partial charge in [0.25, 0.3) is 5.69 Å². The summed E-state index contributed by atoms with van der Waals surface area (Å²) in [7, 11) is 0. The molecule has 1 amide bonds. The molecule has 0 fully saturated rings. The minimum Gasteiger partial charge on any atom is -0.494 e. The molecule has 0 bridgehead atoms. The fourth-order valence-electron chi connectivity index (χ4n) is 2.37. The molecule has 3 rings (SSSR count). The molecule has 0 atom stereocenters. The minimum absolute atomic E-state index is 0.0212. The molecule has 0 aliphatic heterocycles. The summed E-state index contributed by atoms with van der Waals surface area (Å²) in [6, 6.07) is 8.40. The van der Waals surface area contributed by atoms with Crippen molar-refractivity contribution in [1.29, 1.82) is 0 Å². The van der Waals surface area contributed by atoms with E-state index in [1.54, 1.807) is 0 Å². The molecule has 0 spiro atoms. The summed E-state index contributed by atoms with van der Waals surface area (Å²) in [5, 5.41) is 13.9. The molecular formula is C17H15FN4O4S. The average molecular weight is 390 g/mol. The van der Waals surface area contributed by atoms with Crippen molar-refractivity contribution in [3.05, 3.63) is 52.3 Å². The molecule has 27 heavy (non-hydrogen) atoms. The van der Waals surface area contributed by atoms with Gasteiger partial charge in [-0.2, -0.15) is 0 Å². The van der Waals surface area contributed by atoms with Crippen LogP contribution in [0.4, 0.5) is 15.8 Å². The zero-order valence-corrected chi connectivity index (χ0v) is 15.0. The molecule has 10 heteroatoms. The van der Waals surface area contributed by atoms with Crippen molar-refractivity contribution in [3.63, 3.8) is 0 Å². The van der Waals surface area contributed by atoms with Crippen LogP contribution in [-0.2, 0) is 4.79 Å². The van der Waals surface area contributed by atoms with Crippen molar-refractivity contribution in [2.45, 2.75) is 12.1 Å². The fraction of sp³-hybridized carbons (Fsp3) is 0.176. The summed E-state index contributed by atoms with van der Waals surface area (Å²) in [4.78, 5) is 29.8. The molecule has 1 aromatic heterocycles. The van der Waals surface area contributed by atoms with Crippen LogP contribution in [0.2, 0.25) is 0 Å². The second kappa shape index (κ2) is 8.04. The molecule has 0 aliphatic rings. The Morgan fingerprint density at radius 1 is 1.37 bits per heavy atom. The van der Waals surface area contributed by atoms with Gasteiger partial charge in [0.15, 0.2) is 5.16 Å². The van der Waals surface area contributed by atoms with Crippen molar-refractivity contribution in [3.8, 4) is 5.75 Å². The highest BCUT2D eigenvalue weighted by atomic mass is 32.2. The molecule has 2 aromatic carbocycles. The molecule has 140 valence electrons. The molecule has 0 aliphatic carbocycles. The van der Waals surface area contributed by atoms with E-state index in [1.165, 1.54) is 0 Å². The van der Waals surface area contributed by atoms with Crippen molar-refractivity contribution >= 4 is 40.1 Å². The van der Waals surface area contributed by atoms with Crippen LogP contribution in [0.5, 0.6) is 5.75 Å². The van der Waals surface area contributed by atoms with E-state index in [0.717, 1.165) is 41.0 Å². The third-order valence-electron chi connectivity index (χ3n) is 3.51. The van der Waals surface area contributed by atoms with Gasteiger partial charge in [-0.1, -0.05) is 11.8 Å². The van der Waals surface area contributed by atoms with Crippen molar-refractivity contribution < 1.29 is 18.8 Å². The predicted octanol–water partition coefficient (Wildman–Crippen LogP) is 3.74. The number of amides is 1. The number of carbonyl (C=O) groups excluding carboxylic acids is 1. The average Bonchev–Trinajstić information content (AvgIpc) is 3.04. The number of aromatic nitrogens is 2. The summed E-state index contributed by atoms with van der Waals surface area (Å²) in [5.74, 6) is -0.522. The summed E-state index contributed by atoms with van der Waals surface area (Å²) >= 11 is 1.15. The maximum atomic E-state index is 13.1. The van der Waals surface area contributed by atoms with E-state index in [2.05, 4.69) is 15.3 Å². The third kappa shape index (κ3) is 4.53. The van der Waals surface area contributed by atoms with Crippen LogP contribution < -0.4 is 10.1 Å². The largest absolute Gasteiger partial charge is 0.494 e. The highest BCUT2D eigenvalue weighted by molar-refractivity contribution is 7.99. The number of anilines is 1. The van der Waals surface area contributed by atoms with Gasteiger partial charge in [0, 0.05) is 6.07 Å². The highest BCUT2D eigenvalue weighted by Gasteiger charge is 2.17. The van der Waals surface area contributed by atoms with Crippen LogP contribution in [-0.4, -0.2) is 33.2 Å². The molecule has 8 nitrogen and oxygen atoms in total. The predicted molar refractivity (Wildman–Crippen MR) is 99.7 cm³/mol. The SMILES string of the molecule is CCOc1ccc2nc(SCC(=O)Nc3ccc(F)cc3[N+](=O)[O-])[nH]c2c1. The van der Waals surface area contributed by atoms with Crippen molar-refractivity contribution in [1.82, 2.24) is 9.97 Å². The molecular weight excluding hydrogens is 375 g/mol. The first kappa shape index (κ1) is 18.6. The lowest BCUT2D eigenvalue weighted by molar-refractivity contribution is -0.384. The Balaban J connectivity index is 1.66. The van der Waals surface area contributed by atoms with E-state index in [9.17, 15) is 19.3 Å². The Bertz CT molecular complexity index is 1010. The van der Waals surface area contributed by atoms with Gasteiger partial charge < -0.3 is 15.0 Å². The lowest BCUT2D eigenvalue weighted by Gasteiger charge is -2.05. The normalized spacial score (nSPS) is 10.7. The Kier molecular flexibility index (Phi) is 5.55. The highest BCUT2D eigenvalue weighted by Crippen LogP contribution is 2.26. The van der Waals surface area contributed by atoms with Gasteiger partial charge in [0.05, 0.1) is 34.4 Å². The van der Waals surface area contributed by atoms with Gasteiger partial charge in [-0.25, -0.2) is 9.37 Å². The summed E-state index contributed by atoms with van der Waals surface area (Å²) in [6.07, 6.45) is 0. The Morgan fingerprint density at radius 2 is 2.19 bits per heavy atom. The number of H-pyrrole nitrogens is 1. The summed E-state index contributed by atoms with van der Waals surface area (Å²) < 4.78 is 18.6. The van der Waals surface area contributed by atoms with Gasteiger partial charge in [-0.3, -0.25) is 14.9 Å². The van der Waals surface area contributed by atoms with Crippen molar-refractivity contribution in [2.75, 3.05) is 17.7 Å². The van der Waals surface area contributed by atoms with Gasteiger partial charge in [0.1, 0.15) is 17.3 Å². The lowest BCUT2D eigenvalue weighted by Crippen LogP contribution is -2.15. The molecule has 1 heterocycles. The Hall–Kier alpha value is -3.14. The molecule has 3 aromatic rings. The van der Waals surface area contributed by atoms with E-state index >= 15 is 0 Å². The van der Waals surface area contributed by atoms with E-state index in [0.29, 0.717) is 17.5 Å². The number of halogens is 1. The molecule has 0 saturated carbocycles. The van der Waals surface area contributed by atoms with E-state index < -0.39 is 22.3 Å². The van der Waals surface area contributed by atoms with Crippen LogP contribution in [0.25, 0.3) is 11.0 Å². The summed E-state index contributed by atoms with van der Waals surface area (Å²) in [6.45, 7) is 2.44. The lowest BCUT2D eigenvalue weighted by atomic mass is 10.2. The number of ether oxygens (including phenoxy) is 1. The third-order valence-corrected chi connectivity index (χ3v) is 4.39. The first-order chi connectivity index (χ1) is 13.0. The number of nitrogens with zero attached hydrogens (tertiary/aromatic N) is 2. The number of rotatable bonds is 7. The number of hydrogen-bond donors (Lipinski definition) is 2. The van der Waals surface area contributed by atoms with Crippen molar-refractivity contribution in [2.24, 2.45) is 0 Å². The van der Waals surface area contributed by atoms with Crippen LogP contribution in [0.1, 0.15) is 6.92 Å². The number of carbonyl (C=O) groups is 1. The number of fused-ring (bicyclic) bond motifs is 1. The van der Waals surface area contributed by atoms with Crippen LogP contribution in [0.15, 0.2) is 41.6 Å². The summed E-state index contributed by atoms with van der Waals surface area (Å²) in [5.41, 5.74) is 0.951. The molecule has 0 radical (unpaired) electrons. The fourth-order valence-corrected chi connectivity index (χ4v) is 3.06. The van der Waals surface area contributed by atoms with E-state index in [-0.39, 0.29) is 11.4 Å². The molecule has 2 N–H and O–H groups in total. The number of nitrogens with one attached hydrogen (secondary N) is 2. The maximum absolute atomic E-state index is 13.1. The first-order valence-corrected chi connectivity index (χ1v) is 8.94. The number of imidazole rings is 1. The maximum Gasteiger partial charge on any atom is 0.295 e. The number of aromatic amines is 1. The second-order valence-electron chi connectivity index (χ2n) is 5.41. The standard InChI is InChI=1S/C17H15FN4O4S/c1-2-26-11-4-6-12-14(8-11)21-17(20-12)27-9-16(23)19-13-5-3-10(18)7-15(13)22(24)25/h3-8H,2,9H2,1H3,(H,19,23)(H,20,21). The van der Waals surface area contributed by atoms with Crippen LogP contribution >= 0.6 is 11.8 Å². The number of hydrogen-bond acceptors (Lipinski definition) is 6. The number of benzene rings is 2. The van der Waals surface area contributed by atoms with Crippen LogP contribution in [0, 0.1) is 15.9 Å². The van der Waals surface area contributed by atoms with E-state index in [4.69, 9.17) is 4.74 Å². The minimum atomic E-state index is -0.749. The van der Waals surface area contributed by atoms with Gasteiger partial charge in [0.2, 0.25) is 5.91 Å². The second-order valence-corrected chi connectivity index (χ2v) is 6.37. The van der Waals surface area contributed by atoms with Gasteiger partial charge >= 0.3 is 0 Å². The van der Waals surface area contributed by atoms with Crippen LogP contribution in [0.3, 0.4) is 0 Å². The van der Waals surface area contributed by atoms with Gasteiger partial charge in [-0.05, 0) is 31.2 Å². The Labute approximate surface area is 157 Å². The molecule has 0 saturated heterocycles. The quantitative estimate of drug-likeness (QED) is 0.361. The van der Waals surface area contributed by atoms with E-state index in [1.807, 2.05) is 25.1 Å². The smallest absolute Gasteiger partial charge is 0.295 e. The number of nitro groups is 1. The van der Waals surface area contributed by atoms with Gasteiger partial charge in [-0.15, -0.1) is 0 Å². The molecule has 0 unspecified atom stereocenters. The zero-order valence-electron chi connectivity index (χ0n) is 14.2. The first-order valence-electron chi connectivity index (χ1n) is 7.95. The Morgan fingerprint density at radius 3 is 2.93 bits per heavy atom. The monoisotopic (exact) mass is 390 g/mol. The number of thioether (sulfide) groups is 1. The number of nitro benzene ring substituents is 1. The topological polar surface area (TPSA) is 110 Å².